The summed E-state index contributed by atoms with van der Waals surface area (Å²) in [6.07, 6.45) is 0.856. The van der Waals surface area contributed by atoms with Crippen molar-refractivity contribution in [2.75, 3.05) is 18.5 Å². The smallest absolute Gasteiger partial charge is 0.341 e. The summed E-state index contributed by atoms with van der Waals surface area (Å²) < 4.78 is 10.8. The molecule has 0 unspecified atom stereocenters. The highest BCUT2D eigenvalue weighted by Gasteiger charge is 2.21. The minimum absolute atomic E-state index is 0.154. The summed E-state index contributed by atoms with van der Waals surface area (Å²) in [5.41, 5.74) is 3.21. The molecule has 5 nitrogen and oxygen atoms in total. The average Bonchev–Trinajstić information content (AvgIpc) is 2.90. The lowest BCUT2D eigenvalue weighted by molar-refractivity contribution is -0.116. The lowest BCUT2D eigenvalue weighted by Crippen LogP contribution is -2.15. The molecule has 0 spiro atoms. The number of rotatable bonds is 8. The molecule has 1 aromatic heterocycles. The minimum atomic E-state index is -0.406. The molecule has 0 aliphatic carbocycles. The summed E-state index contributed by atoms with van der Waals surface area (Å²) in [4.78, 5) is 25.5. The predicted octanol–water partition coefficient (Wildman–Crippen LogP) is 5.61. The maximum Gasteiger partial charge on any atom is 0.341 e. The monoisotopic (exact) mass is 423 g/mol. The first-order chi connectivity index (χ1) is 13.2. The molecule has 28 heavy (non-hydrogen) atoms. The molecule has 0 radical (unpaired) electrons. The fourth-order valence-electron chi connectivity index (χ4n) is 2.77. The quantitative estimate of drug-likeness (QED) is 0.442. The number of hydrogen-bond acceptors (Lipinski definition) is 5. The number of esters is 1. The number of amides is 1. The van der Waals surface area contributed by atoms with E-state index in [0.29, 0.717) is 36.6 Å². The largest absolute Gasteiger partial charge is 0.494 e. The van der Waals surface area contributed by atoms with Crippen LogP contribution in [-0.2, 0) is 9.53 Å². The highest BCUT2D eigenvalue weighted by atomic mass is 35.5. The number of hydrogen-bond donors (Lipinski definition) is 1. The van der Waals surface area contributed by atoms with Crippen molar-refractivity contribution in [3.05, 3.63) is 44.3 Å². The van der Waals surface area contributed by atoms with Crippen LogP contribution in [-0.4, -0.2) is 25.1 Å². The first-order valence-electron chi connectivity index (χ1n) is 9.21. The van der Waals surface area contributed by atoms with Crippen molar-refractivity contribution >= 4 is 39.8 Å². The van der Waals surface area contributed by atoms with Gasteiger partial charge >= 0.3 is 5.97 Å². The van der Waals surface area contributed by atoms with Crippen molar-refractivity contribution in [3.8, 4) is 5.75 Å². The van der Waals surface area contributed by atoms with Gasteiger partial charge in [0.1, 0.15) is 10.8 Å². The van der Waals surface area contributed by atoms with E-state index in [1.54, 1.807) is 6.92 Å². The average molecular weight is 424 g/mol. The van der Waals surface area contributed by atoms with Crippen LogP contribution in [0.4, 0.5) is 5.00 Å². The standard InChI is InChI=1S/C21H26ClNO4S/c1-6-26-21(25)18-14(4)15(5)28-20(18)23-17(24)8-7-9-27-16-10-12(2)19(22)13(3)11-16/h10-11H,6-9H2,1-5H3,(H,23,24). The van der Waals surface area contributed by atoms with E-state index in [1.165, 1.54) is 11.3 Å². The molecule has 0 bridgehead atoms. The topological polar surface area (TPSA) is 64.6 Å². The summed E-state index contributed by atoms with van der Waals surface area (Å²) in [5, 5.41) is 4.13. The molecule has 0 aliphatic heterocycles. The van der Waals surface area contributed by atoms with Gasteiger partial charge in [-0.25, -0.2) is 4.79 Å². The van der Waals surface area contributed by atoms with Gasteiger partial charge in [0.05, 0.1) is 18.8 Å². The summed E-state index contributed by atoms with van der Waals surface area (Å²) >= 11 is 7.54. The van der Waals surface area contributed by atoms with Crippen LogP contribution in [0.5, 0.6) is 5.75 Å². The first-order valence-corrected chi connectivity index (χ1v) is 10.4. The van der Waals surface area contributed by atoms with E-state index >= 15 is 0 Å². The summed E-state index contributed by atoms with van der Waals surface area (Å²) in [5.74, 6) is 0.184. The van der Waals surface area contributed by atoms with Crippen molar-refractivity contribution in [2.24, 2.45) is 0 Å². The van der Waals surface area contributed by atoms with Crippen molar-refractivity contribution in [2.45, 2.75) is 47.5 Å². The van der Waals surface area contributed by atoms with E-state index in [0.717, 1.165) is 32.3 Å². The maximum absolute atomic E-state index is 12.3. The Morgan fingerprint density at radius 1 is 1.14 bits per heavy atom. The number of carbonyl (C=O) groups is 2. The van der Waals surface area contributed by atoms with Crippen molar-refractivity contribution < 1.29 is 19.1 Å². The number of halogens is 1. The molecule has 0 fully saturated rings. The summed E-state index contributed by atoms with van der Waals surface area (Å²) in [6, 6.07) is 3.77. The molecule has 0 saturated carbocycles. The Hall–Kier alpha value is -2.05. The van der Waals surface area contributed by atoms with Gasteiger partial charge in [-0.1, -0.05) is 11.6 Å². The third kappa shape index (κ3) is 5.49. The fraction of sp³-hybridized carbons (Fsp3) is 0.429. The Bertz CT molecular complexity index is 853. The van der Waals surface area contributed by atoms with E-state index in [9.17, 15) is 9.59 Å². The van der Waals surface area contributed by atoms with E-state index in [2.05, 4.69) is 5.32 Å². The van der Waals surface area contributed by atoms with Gasteiger partial charge in [-0.3, -0.25) is 4.79 Å². The Kier molecular flexibility index (Phi) is 7.89. The molecule has 1 amide bonds. The van der Waals surface area contributed by atoms with Crippen LogP contribution in [0, 0.1) is 27.7 Å². The number of thiophene rings is 1. The van der Waals surface area contributed by atoms with Crippen LogP contribution in [0.1, 0.15) is 51.7 Å². The Labute approximate surface area is 175 Å². The first kappa shape index (κ1) is 22.2. The minimum Gasteiger partial charge on any atom is -0.494 e. The molecule has 0 aliphatic rings. The maximum atomic E-state index is 12.3. The zero-order valence-electron chi connectivity index (χ0n) is 16.9. The summed E-state index contributed by atoms with van der Waals surface area (Å²) in [7, 11) is 0. The van der Waals surface area contributed by atoms with Crippen LogP contribution < -0.4 is 10.1 Å². The van der Waals surface area contributed by atoms with E-state index < -0.39 is 5.97 Å². The van der Waals surface area contributed by atoms with Gasteiger partial charge in [-0.2, -0.15) is 0 Å². The zero-order valence-corrected chi connectivity index (χ0v) is 18.5. The molecule has 0 atom stereocenters. The molecule has 0 saturated heterocycles. The fourth-order valence-corrected chi connectivity index (χ4v) is 3.94. The lowest BCUT2D eigenvalue weighted by atomic mass is 10.1. The molecular weight excluding hydrogens is 398 g/mol. The van der Waals surface area contributed by atoms with Gasteiger partial charge in [0, 0.05) is 16.3 Å². The Morgan fingerprint density at radius 3 is 2.39 bits per heavy atom. The zero-order chi connectivity index (χ0) is 20.8. The van der Waals surface area contributed by atoms with Gasteiger partial charge in [0.15, 0.2) is 0 Å². The molecule has 2 aromatic rings. The molecule has 7 heteroatoms. The van der Waals surface area contributed by atoms with Gasteiger partial charge < -0.3 is 14.8 Å². The summed E-state index contributed by atoms with van der Waals surface area (Å²) in [6.45, 7) is 10.1. The van der Waals surface area contributed by atoms with Gasteiger partial charge in [0.2, 0.25) is 5.91 Å². The lowest BCUT2D eigenvalue weighted by Gasteiger charge is -2.10. The third-order valence-corrected chi connectivity index (χ3v) is 6.06. The second-order valence-corrected chi connectivity index (χ2v) is 8.18. The Balaban J connectivity index is 1.90. The molecular formula is C21H26ClNO4S. The van der Waals surface area contributed by atoms with Gasteiger partial charge in [0.25, 0.3) is 0 Å². The molecule has 1 heterocycles. The Morgan fingerprint density at radius 2 is 1.79 bits per heavy atom. The molecule has 152 valence electrons. The number of anilines is 1. The molecule has 1 N–H and O–H groups in total. The number of benzene rings is 1. The third-order valence-electron chi connectivity index (χ3n) is 4.34. The van der Waals surface area contributed by atoms with Crippen LogP contribution in [0.15, 0.2) is 12.1 Å². The van der Waals surface area contributed by atoms with Gasteiger partial charge in [-0.15, -0.1) is 11.3 Å². The van der Waals surface area contributed by atoms with Gasteiger partial charge in [-0.05, 0) is 69.9 Å². The van der Waals surface area contributed by atoms with Crippen LogP contribution in [0.3, 0.4) is 0 Å². The van der Waals surface area contributed by atoms with Crippen molar-refractivity contribution in [3.63, 3.8) is 0 Å². The SMILES string of the molecule is CCOC(=O)c1c(NC(=O)CCCOc2cc(C)c(Cl)c(C)c2)sc(C)c1C. The predicted molar refractivity (Wildman–Crippen MR) is 114 cm³/mol. The second-order valence-electron chi connectivity index (χ2n) is 6.58. The van der Waals surface area contributed by atoms with E-state index in [4.69, 9.17) is 21.1 Å². The highest BCUT2D eigenvalue weighted by Crippen LogP contribution is 2.33. The highest BCUT2D eigenvalue weighted by molar-refractivity contribution is 7.16. The van der Waals surface area contributed by atoms with Crippen LogP contribution in [0.25, 0.3) is 0 Å². The van der Waals surface area contributed by atoms with Crippen molar-refractivity contribution in [1.82, 2.24) is 0 Å². The number of carbonyl (C=O) groups excluding carboxylic acids is 2. The number of aryl methyl sites for hydroxylation is 3. The van der Waals surface area contributed by atoms with E-state index in [-0.39, 0.29) is 5.91 Å². The van der Waals surface area contributed by atoms with Crippen LogP contribution in [0.2, 0.25) is 5.02 Å². The van der Waals surface area contributed by atoms with Crippen LogP contribution >= 0.6 is 22.9 Å². The molecule has 1 aromatic carbocycles. The number of nitrogens with one attached hydrogen (secondary N) is 1. The molecule has 2 rings (SSSR count). The van der Waals surface area contributed by atoms with Crippen molar-refractivity contribution in [1.29, 1.82) is 0 Å². The van der Waals surface area contributed by atoms with E-state index in [1.807, 2.05) is 39.8 Å². The normalized spacial score (nSPS) is 10.6. The second kappa shape index (κ2) is 9.94. The number of ether oxygens (including phenoxy) is 2.